The van der Waals surface area contributed by atoms with Gasteiger partial charge in [-0.1, -0.05) is 12.1 Å². The number of halogens is 1. The third-order valence-corrected chi connectivity index (χ3v) is 2.95. The number of nitrogen functional groups attached to an aromatic ring is 1. The van der Waals surface area contributed by atoms with Crippen molar-refractivity contribution in [3.63, 3.8) is 0 Å². The highest BCUT2D eigenvalue weighted by Crippen LogP contribution is 2.21. The summed E-state index contributed by atoms with van der Waals surface area (Å²) in [6.07, 6.45) is 1.66. The highest BCUT2D eigenvalue weighted by atomic mass is 19.1. The van der Waals surface area contributed by atoms with Gasteiger partial charge in [0.1, 0.15) is 11.5 Å². The second kappa shape index (κ2) is 5.14. The fourth-order valence-electron chi connectivity index (χ4n) is 2.03. The molecule has 0 bridgehead atoms. The van der Waals surface area contributed by atoms with Gasteiger partial charge in [-0.15, -0.1) is 0 Å². The van der Waals surface area contributed by atoms with Crippen molar-refractivity contribution in [1.82, 2.24) is 4.57 Å². The molecule has 2 aromatic rings. The van der Waals surface area contributed by atoms with Gasteiger partial charge in [-0.05, 0) is 25.1 Å². The van der Waals surface area contributed by atoms with Crippen LogP contribution >= 0.6 is 0 Å². The molecule has 0 unspecified atom stereocenters. The molecule has 0 atom stereocenters. The number of hydrogen-bond donors (Lipinski definition) is 1. The molecule has 0 spiro atoms. The maximum Gasteiger partial charge on any atom is 0.275 e. The molecule has 0 aliphatic carbocycles. The van der Waals surface area contributed by atoms with Crippen molar-refractivity contribution in [3.8, 4) is 0 Å². The Morgan fingerprint density at radius 2 is 2.11 bits per heavy atom. The number of amides is 1. The smallest absolute Gasteiger partial charge is 0.275 e. The van der Waals surface area contributed by atoms with Gasteiger partial charge in [0.2, 0.25) is 0 Å². The van der Waals surface area contributed by atoms with Gasteiger partial charge in [0.05, 0.1) is 11.4 Å². The van der Waals surface area contributed by atoms with Crippen molar-refractivity contribution in [1.29, 1.82) is 0 Å². The van der Waals surface area contributed by atoms with Gasteiger partial charge >= 0.3 is 0 Å². The summed E-state index contributed by atoms with van der Waals surface area (Å²) in [4.78, 5) is 13.8. The summed E-state index contributed by atoms with van der Waals surface area (Å²) in [5.41, 5.74) is 6.88. The van der Waals surface area contributed by atoms with E-state index in [0.717, 1.165) is 0 Å². The average Bonchev–Trinajstić information content (AvgIpc) is 2.71. The minimum absolute atomic E-state index is 0.271. The zero-order chi connectivity index (χ0) is 14.0. The SMILES string of the molecule is CCN(C(=O)c1cc(N)cn1C)c1ccccc1F. The first-order chi connectivity index (χ1) is 9.04. The Morgan fingerprint density at radius 1 is 1.42 bits per heavy atom. The molecule has 1 aromatic heterocycles. The van der Waals surface area contributed by atoms with Crippen molar-refractivity contribution < 1.29 is 9.18 Å². The van der Waals surface area contributed by atoms with Crippen molar-refractivity contribution in [2.45, 2.75) is 6.92 Å². The average molecular weight is 261 g/mol. The molecule has 0 saturated heterocycles. The van der Waals surface area contributed by atoms with Crippen LogP contribution in [0.15, 0.2) is 36.5 Å². The Labute approximate surface area is 111 Å². The van der Waals surface area contributed by atoms with E-state index in [1.54, 1.807) is 49.0 Å². The van der Waals surface area contributed by atoms with E-state index in [1.165, 1.54) is 11.0 Å². The van der Waals surface area contributed by atoms with E-state index in [4.69, 9.17) is 5.73 Å². The molecule has 19 heavy (non-hydrogen) atoms. The lowest BCUT2D eigenvalue weighted by atomic mass is 10.2. The maximum absolute atomic E-state index is 13.8. The lowest BCUT2D eigenvalue weighted by Crippen LogP contribution is -2.32. The number of carbonyl (C=O) groups excluding carboxylic acids is 1. The summed E-state index contributed by atoms with van der Waals surface area (Å²) in [5, 5.41) is 0. The predicted molar refractivity (Wildman–Crippen MR) is 73.6 cm³/mol. The molecule has 100 valence electrons. The highest BCUT2D eigenvalue weighted by molar-refractivity contribution is 6.05. The number of benzene rings is 1. The normalized spacial score (nSPS) is 10.5. The fraction of sp³-hybridized carbons (Fsp3) is 0.214. The summed E-state index contributed by atoms with van der Waals surface area (Å²) in [6.45, 7) is 2.18. The Morgan fingerprint density at radius 3 is 2.63 bits per heavy atom. The van der Waals surface area contributed by atoms with Gasteiger partial charge in [0.25, 0.3) is 5.91 Å². The molecule has 0 saturated carbocycles. The van der Waals surface area contributed by atoms with Crippen molar-refractivity contribution in [3.05, 3.63) is 48.0 Å². The number of hydrogen-bond acceptors (Lipinski definition) is 2. The minimum Gasteiger partial charge on any atom is -0.397 e. The van der Waals surface area contributed by atoms with Gasteiger partial charge in [0.15, 0.2) is 0 Å². The quantitative estimate of drug-likeness (QED) is 0.922. The van der Waals surface area contributed by atoms with Crippen LogP contribution in [0.4, 0.5) is 15.8 Å². The first-order valence-electron chi connectivity index (χ1n) is 6.02. The van der Waals surface area contributed by atoms with Gasteiger partial charge in [-0.25, -0.2) is 4.39 Å². The van der Waals surface area contributed by atoms with Crippen molar-refractivity contribution in [2.75, 3.05) is 17.2 Å². The summed E-state index contributed by atoms with van der Waals surface area (Å²) in [6, 6.07) is 7.81. The van der Waals surface area contributed by atoms with E-state index < -0.39 is 5.82 Å². The van der Waals surface area contributed by atoms with Crippen LogP contribution in [0.1, 0.15) is 17.4 Å². The van der Waals surface area contributed by atoms with Crippen LogP contribution in [-0.2, 0) is 7.05 Å². The molecule has 0 aliphatic heterocycles. The summed E-state index contributed by atoms with van der Waals surface area (Å²) >= 11 is 0. The van der Waals surface area contributed by atoms with Crippen LogP contribution in [0.3, 0.4) is 0 Å². The second-order valence-electron chi connectivity index (χ2n) is 4.27. The van der Waals surface area contributed by atoms with Crippen LogP contribution < -0.4 is 10.6 Å². The van der Waals surface area contributed by atoms with Gasteiger partial charge in [-0.2, -0.15) is 0 Å². The lowest BCUT2D eigenvalue weighted by molar-refractivity contribution is 0.0979. The van der Waals surface area contributed by atoms with E-state index in [2.05, 4.69) is 0 Å². The molecule has 4 nitrogen and oxygen atoms in total. The van der Waals surface area contributed by atoms with Gasteiger partial charge in [0, 0.05) is 19.8 Å². The van der Waals surface area contributed by atoms with Crippen LogP contribution in [0.25, 0.3) is 0 Å². The van der Waals surface area contributed by atoms with E-state index in [-0.39, 0.29) is 11.6 Å². The minimum atomic E-state index is -0.417. The molecule has 0 fully saturated rings. The standard InChI is InChI=1S/C14H16FN3O/c1-3-18(12-7-5-4-6-11(12)15)14(19)13-8-10(16)9-17(13)2/h4-9H,3,16H2,1-2H3. The maximum atomic E-state index is 13.8. The molecule has 1 aromatic carbocycles. The van der Waals surface area contributed by atoms with E-state index in [0.29, 0.717) is 17.9 Å². The van der Waals surface area contributed by atoms with Gasteiger partial charge < -0.3 is 15.2 Å². The third-order valence-electron chi connectivity index (χ3n) is 2.95. The lowest BCUT2D eigenvalue weighted by Gasteiger charge is -2.21. The summed E-state index contributed by atoms with van der Waals surface area (Å²) in [5.74, 6) is -0.688. The topological polar surface area (TPSA) is 51.3 Å². The molecule has 1 amide bonds. The number of nitrogens with zero attached hydrogens (tertiary/aromatic N) is 2. The zero-order valence-corrected chi connectivity index (χ0v) is 10.9. The van der Waals surface area contributed by atoms with Crippen LogP contribution in [-0.4, -0.2) is 17.0 Å². The molecule has 1 heterocycles. The first kappa shape index (κ1) is 13.1. The van der Waals surface area contributed by atoms with Gasteiger partial charge in [-0.3, -0.25) is 4.79 Å². The summed E-state index contributed by atoms with van der Waals surface area (Å²) < 4.78 is 15.4. The number of aryl methyl sites for hydroxylation is 1. The number of nitrogens with two attached hydrogens (primary N) is 1. The van der Waals surface area contributed by atoms with Crippen molar-refractivity contribution >= 4 is 17.3 Å². The van der Waals surface area contributed by atoms with E-state index in [1.807, 2.05) is 0 Å². The third kappa shape index (κ3) is 2.45. The molecule has 2 rings (SSSR count). The Kier molecular flexibility index (Phi) is 3.55. The Bertz CT molecular complexity index is 606. The van der Waals surface area contributed by atoms with Crippen LogP contribution in [0.5, 0.6) is 0 Å². The summed E-state index contributed by atoms with van der Waals surface area (Å²) in [7, 11) is 1.73. The Balaban J connectivity index is 2.41. The van der Waals surface area contributed by atoms with Crippen LogP contribution in [0.2, 0.25) is 0 Å². The van der Waals surface area contributed by atoms with Crippen molar-refractivity contribution in [2.24, 2.45) is 7.05 Å². The predicted octanol–water partition coefficient (Wildman–Crippen LogP) is 2.41. The largest absolute Gasteiger partial charge is 0.397 e. The number of anilines is 2. The zero-order valence-electron chi connectivity index (χ0n) is 10.9. The number of aromatic nitrogens is 1. The molecule has 2 N–H and O–H groups in total. The number of para-hydroxylation sites is 1. The monoisotopic (exact) mass is 261 g/mol. The molecule has 5 heteroatoms. The first-order valence-corrected chi connectivity index (χ1v) is 6.02. The molecule has 0 aliphatic rings. The number of rotatable bonds is 3. The fourth-order valence-corrected chi connectivity index (χ4v) is 2.03. The number of carbonyl (C=O) groups is 1. The second-order valence-corrected chi connectivity index (χ2v) is 4.27. The van der Waals surface area contributed by atoms with E-state index in [9.17, 15) is 9.18 Å². The molecular weight excluding hydrogens is 245 g/mol. The molecule has 0 radical (unpaired) electrons. The molecular formula is C14H16FN3O. The van der Waals surface area contributed by atoms with E-state index >= 15 is 0 Å². The Hall–Kier alpha value is -2.30. The van der Waals surface area contributed by atoms with Crippen LogP contribution in [0, 0.1) is 5.82 Å². The highest BCUT2D eigenvalue weighted by Gasteiger charge is 2.21.